The number of rotatable bonds is 15. The van der Waals surface area contributed by atoms with E-state index in [9.17, 15) is 18.3 Å². The molecule has 0 heterocycles. The Morgan fingerprint density at radius 1 is 0.349 bits per heavy atom. The van der Waals surface area contributed by atoms with Crippen molar-refractivity contribution in [3.63, 3.8) is 0 Å². The second-order valence-corrected chi connectivity index (χ2v) is 38.0. The highest BCUT2D eigenvalue weighted by molar-refractivity contribution is 14.1. The lowest BCUT2D eigenvalue weighted by Gasteiger charge is -2.08. The summed E-state index contributed by atoms with van der Waals surface area (Å²) in [6, 6.07) is 120. The first-order valence-corrected chi connectivity index (χ1v) is 45.9. The molecule has 1 atom stereocenters. The van der Waals surface area contributed by atoms with Crippen molar-refractivity contribution < 1.29 is 70.2 Å². The Morgan fingerprint density at radius 2 is 0.538 bits per heavy atom. The molecule has 0 spiro atoms. The minimum atomic E-state index is -5.84. The molecule has 12 aromatic rings. The molecule has 0 saturated carbocycles. The lowest BCUT2D eigenvalue weighted by atomic mass is 10.2. The molecule has 0 bridgehead atoms. The maximum atomic E-state index is 10.7. The zero-order valence-electron chi connectivity index (χ0n) is 57.3. The Bertz CT molecular complexity index is 4730. The number of thiol groups is 1. The van der Waals surface area contributed by atoms with Gasteiger partial charge in [0.25, 0.3) is 0 Å². The number of aliphatic hydroxyl groups is 1. The first-order chi connectivity index (χ1) is 50.2. The molecule has 106 heavy (non-hydrogen) atoms. The number of alkyl halides is 3. The van der Waals surface area contributed by atoms with Crippen molar-refractivity contribution in [3.05, 3.63) is 354 Å². The van der Waals surface area contributed by atoms with Crippen LogP contribution in [0.1, 0.15) is 11.1 Å². The molecule has 0 fully saturated rings. The van der Waals surface area contributed by atoms with Crippen molar-refractivity contribution in [1.29, 1.82) is 0 Å². The van der Waals surface area contributed by atoms with Gasteiger partial charge in [0.1, 0.15) is 6.26 Å². The number of hydrogen-bond acceptors (Lipinski definition) is 14. The molecule has 0 aliphatic rings. The van der Waals surface area contributed by atoms with Crippen LogP contribution < -0.4 is 0 Å². The van der Waals surface area contributed by atoms with Gasteiger partial charge in [0.05, 0.1) is 80.5 Å². The van der Waals surface area contributed by atoms with E-state index in [1.165, 1.54) is 72.8 Å². The van der Waals surface area contributed by atoms with Gasteiger partial charge in [0.15, 0.2) is 53.9 Å². The normalized spacial score (nSPS) is 11.4. The van der Waals surface area contributed by atoms with E-state index in [-0.39, 0.29) is 50.2 Å². The maximum Gasteiger partial charge on any atom is 0.522 e. The summed E-state index contributed by atoms with van der Waals surface area (Å²) in [7, 11) is -17.6. The molecule has 0 saturated heterocycles. The van der Waals surface area contributed by atoms with E-state index in [1.807, 2.05) is 24.3 Å². The fourth-order valence-corrected chi connectivity index (χ4v) is 17.7. The second kappa shape index (κ2) is 45.6. The van der Waals surface area contributed by atoms with Gasteiger partial charge in [-0.1, -0.05) is 182 Å². The molecule has 12 rings (SSSR count). The van der Waals surface area contributed by atoms with Crippen LogP contribution in [0.4, 0.5) is 13.2 Å². The molecule has 0 aliphatic heterocycles. The predicted molar refractivity (Wildman–Crippen MR) is 434 cm³/mol. The molecule has 2 N–H and O–H groups in total. The van der Waals surface area contributed by atoms with Gasteiger partial charge in [0, 0.05) is 37.9 Å². The van der Waals surface area contributed by atoms with Gasteiger partial charge < -0.3 is 18.8 Å². The quantitative estimate of drug-likeness (QED) is 0.0284. The molecule has 27 heteroatoms. The Labute approximate surface area is 655 Å². The lowest BCUT2D eigenvalue weighted by Crippen LogP contribution is -2.21. The maximum absolute atomic E-state index is 10.7. The minimum absolute atomic E-state index is 0.0262. The van der Waals surface area contributed by atoms with Crippen LogP contribution >= 0.6 is 47.0 Å². The van der Waals surface area contributed by atoms with Gasteiger partial charge in [-0.3, -0.25) is 4.55 Å². The van der Waals surface area contributed by atoms with Gasteiger partial charge in [-0.2, -0.15) is 34.2 Å². The average molecular weight is 1740 g/mol. The standard InChI is InChI=1S/C24H19S2.C19H17OS.C18H14IS.C14H14S2.CHF3O3S.3CH4O3S/c1-4-10-20(11-5-1)25-21-16-18-24(19-17-21)26(22-12-6-2-7-13-22)23-14-8-3-9-15-23;20-15-16-11-13-19(14-12-16)21(17-7-3-1-4-8-17)18-9-5-2-6-10-18;19-15-11-13-18(14-12-15)20(16-7-3-1-4-8-16)17-9-5-2-6-10-17;1-16(13-5-3-2-4-6-13)14-9-7-12(11-15)8-10-14;2-1(3,4)8(5,6)7;3*1-5(2,3)4/h1-19H;1-14,20H,15H2;1-14H;2-10H,11H2,1H3;(H,5,6,7);3*1H3,(H,2,3,4)/q3*+1;;;;;/p-2. The molecule has 556 valence electrons. The van der Waals surface area contributed by atoms with Crippen molar-refractivity contribution in [1.82, 2.24) is 0 Å². The molecule has 0 aliphatic carbocycles. The first-order valence-electron chi connectivity index (χ1n) is 31.2. The zero-order chi connectivity index (χ0) is 77.8. The summed E-state index contributed by atoms with van der Waals surface area (Å²) in [5.74, 6) is 0.809. The van der Waals surface area contributed by atoms with E-state index in [0.29, 0.717) is 18.8 Å². The molecule has 1 unspecified atom stereocenters. The Balaban J connectivity index is 0.000000232. The van der Waals surface area contributed by atoms with Gasteiger partial charge in [-0.05, 0) is 204 Å². The minimum Gasteiger partial charge on any atom is -0.748 e. The monoisotopic (exact) mass is 1740 g/mol. The Hall–Kier alpha value is -7.14. The van der Waals surface area contributed by atoms with Crippen LogP contribution in [-0.2, 0) is 96.4 Å². The van der Waals surface area contributed by atoms with Gasteiger partial charge >= 0.3 is 15.6 Å². The van der Waals surface area contributed by atoms with Crippen LogP contribution in [0.2, 0.25) is 0 Å². The fourth-order valence-electron chi connectivity index (χ4n) is 8.69. The van der Waals surface area contributed by atoms with Gasteiger partial charge in [-0.25, -0.2) is 25.3 Å². The topological polar surface area (TPSA) is 246 Å². The summed E-state index contributed by atoms with van der Waals surface area (Å²) >= 11 is 8.42. The van der Waals surface area contributed by atoms with Crippen LogP contribution in [0.25, 0.3) is 0 Å². The third-order valence-electron chi connectivity index (χ3n) is 13.2. The summed E-state index contributed by atoms with van der Waals surface area (Å²) in [5.41, 5.74) is -3.31. The van der Waals surface area contributed by atoms with Crippen molar-refractivity contribution >= 4 is 131 Å². The number of benzene rings is 12. The number of halogens is 4. The summed E-state index contributed by atoms with van der Waals surface area (Å²) in [6.07, 6.45) is 4.08. The summed E-state index contributed by atoms with van der Waals surface area (Å²) < 4.78 is 141. The Morgan fingerprint density at radius 3 is 0.783 bits per heavy atom. The van der Waals surface area contributed by atoms with Crippen molar-refractivity contribution in [2.24, 2.45) is 0 Å². The highest BCUT2D eigenvalue weighted by Crippen LogP contribution is 2.36. The number of hydrogen-bond donors (Lipinski definition) is 3. The van der Waals surface area contributed by atoms with E-state index >= 15 is 0 Å². The van der Waals surface area contributed by atoms with Crippen molar-refractivity contribution in [2.75, 3.05) is 25.0 Å². The first kappa shape index (κ1) is 89.5. The highest BCUT2D eigenvalue weighted by Gasteiger charge is 2.44. The molecule has 12 aromatic carbocycles. The fraction of sp³-hybridized carbons (Fsp3) is 0.0886. The molecule has 0 radical (unpaired) electrons. The van der Waals surface area contributed by atoms with Crippen LogP contribution in [0.15, 0.2) is 403 Å². The smallest absolute Gasteiger partial charge is 0.522 e. The van der Waals surface area contributed by atoms with Gasteiger partial charge in [-0.15, -0.1) is 0 Å². The van der Waals surface area contributed by atoms with Crippen LogP contribution in [0, 0.1) is 3.57 Å². The Kier molecular flexibility index (Phi) is 38.5. The molecular formula is C79H75F3IO13S10+. The lowest BCUT2D eigenvalue weighted by molar-refractivity contribution is -0.0510. The van der Waals surface area contributed by atoms with Crippen molar-refractivity contribution in [2.45, 2.75) is 81.5 Å². The molecule has 0 aromatic heterocycles. The summed E-state index contributed by atoms with van der Waals surface area (Å²) in [4.78, 5) is 17.3. The second-order valence-electron chi connectivity index (χ2n) is 21.6. The predicted octanol–water partition coefficient (Wildman–Crippen LogP) is 18.3. The van der Waals surface area contributed by atoms with E-state index < -0.39 is 46.0 Å². The number of aliphatic hydroxyl groups excluding tert-OH is 1. The molecular weight excluding hydrogens is 1660 g/mol. The summed E-state index contributed by atoms with van der Waals surface area (Å²) in [6.45, 7) is 0.0880. The third kappa shape index (κ3) is 35.7. The molecule has 0 amide bonds. The molecule has 13 nitrogen and oxygen atoms in total. The van der Waals surface area contributed by atoms with Crippen LogP contribution in [0.3, 0.4) is 0 Å². The van der Waals surface area contributed by atoms with Gasteiger partial charge in [0.2, 0.25) is 0 Å². The van der Waals surface area contributed by atoms with E-state index in [2.05, 4.69) is 357 Å². The van der Waals surface area contributed by atoms with E-state index in [1.54, 1.807) is 11.8 Å². The zero-order valence-corrected chi connectivity index (χ0v) is 67.7. The van der Waals surface area contributed by atoms with Crippen molar-refractivity contribution in [3.8, 4) is 0 Å². The average Bonchev–Trinajstić information content (AvgIpc) is 0.824. The highest BCUT2D eigenvalue weighted by atomic mass is 127. The third-order valence-corrected chi connectivity index (χ3v) is 24.5. The largest absolute Gasteiger partial charge is 0.748 e. The van der Waals surface area contributed by atoms with E-state index in [4.69, 9.17) is 51.9 Å². The van der Waals surface area contributed by atoms with Crippen LogP contribution in [0.5, 0.6) is 0 Å². The SMILES string of the molecule is CS(=O)(=O)[O-].CS(=O)(=O)[O-].CS(=O)(=O)[O-].C[S+](c1ccccc1)c1ccc(CS)cc1.Ic1ccc([S+](c2ccccc2)c2ccccc2)cc1.O=S(=O)(O)C(F)(F)F.OCc1ccc([S+](c2ccccc2)c2ccccc2)cc1.c1ccc(Sc2ccc([S+](c3ccccc3)c3ccccc3)cc2)cc1. The van der Waals surface area contributed by atoms with E-state index in [0.717, 1.165) is 11.3 Å². The summed E-state index contributed by atoms with van der Waals surface area (Å²) in [5, 5.41) is 9.20. The van der Waals surface area contributed by atoms with Crippen LogP contribution in [-0.4, -0.2) is 87.5 Å².